The molecule has 0 aliphatic rings. The first-order chi connectivity index (χ1) is 8.54. The minimum Gasteiger partial charge on any atom is -0.352 e. The van der Waals surface area contributed by atoms with Crippen LogP contribution in [0.4, 0.5) is 5.13 Å². The Kier molecular flexibility index (Phi) is 4.19. The lowest BCUT2D eigenvalue weighted by Gasteiger charge is -2.08. The predicted octanol–water partition coefficient (Wildman–Crippen LogP) is 3.00. The molecule has 0 atom stereocenters. The molecule has 4 nitrogen and oxygen atoms in total. The van der Waals surface area contributed by atoms with Gasteiger partial charge in [0.1, 0.15) is 0 Å². The summed E-state index contributed by atoms with van der Waals surface area (Å²) in [4.78, 5) is 15.9. The topological polar surface area (TPSA) is 54.0 Å². The highest BCUT2D eigenvalue weighted by molar-refractivity contribution is 9.10. The molecule has 0 unspecified atom stereocenters. The first-order valence-electron chi connectivity index (χ1n) is 5.64. The van der Waals surface area contributed by atoms with E-state index in [1.165, 1.54) is 0 Å². The number of amides is 1. The number of nitrogens with one attached hydrogen (secondary N) is 2. The van der Waals surface area contributed by atoms with Crippen molar-refractivity contribution < 1.29 is 4.79 Å². The van der Waals surface area contributed by atoms with Crippen molar-refractivity contribution in [2.75, 3.05) is 11.9 Å². The fourth-order valence-corrected chi connectivity index (χ4v) is 2.70. The molecule has 0 aliphatic heterocycles. The monoisotopic (exact) mass is 327 g/mol. The molecule has 2 aromatic rings. The second-order valence-corrected chi connectivity index (χ2v) is 6.15. The maximum Gasteiger partial charge on any atom is 0.239 e. The molecule has 0 spiro atoms. The van der Waals surface area contributed by atoms with Gasteiger partial charge in [-0.2, -0.15) is 0 Å². The Morgan fingerprint density at radius 1 is 1.50 bits per heavy atom. The minimum absolute atomic E-state index is 0.0227. The van der Waals surface area contributed by atoms with Crippen LogP contribution in [0.1, 0.15) is 13.8 Å². The lowest BCUT2D eigenvalue weighted by atomic mass is 10.3. The summed E-state index contributed by atoms with van der Waals surface area (Å²) in [6.07, 6.45) is 0. The van der Waals surface area contributed by atoms with E-state index in [9.17, 15) is 4.79 Å². The predicted molar refractivity (Wildman–Crippen MR) is 79.1 cm³/mol. The molecule has 0 aliphatic carbocycles. The van der Waals surface area contributed by atoms with E-state index >= 15 is 0 Å². The van der Waals surface area contributed by atoms with Gasteiger partial charge in [0, 0.05) is 10.5 Å². The molecule has 0 saturated heterocycles. The van der Waals surface area contributed by atoms with E-state index in [2.05, 4.69) is 31.5 Å². The van der Waals surface area contributed by atoms with Gasteiger partial charge in [0.25, 0.3) is 0 Å². The van der Waals surface area contributed by atoms with Gasteiger partial charge in [-0.15, -0.1) is 0 Å². The Morgan fingerprint density at radius 2 is 2.28 bits per heavy atom. The van der Waals surface area contributed by atoms with Crippen molar-refractivity contribution in [3.05, 3.63) is 22.7 Å². The molecule has 1 aromatic carbocycles. The molecular weight excluding hydrogens is 314 g/mol. The van der Waals surface area contributed by atoms with Crippen molar-refractivity contribution in [2.45, 2.75) is 19.9 Å². The number of aromatic nitrogens is 1. The van der Waals surface area contributed by atoms with Crippen molar-refractivity contribution in [3.8, 4) is 0 Å². The third-order valence-electron chi connectivity index (χ3n) is 2.20. The Labute approximate surface area is 118 Å². The maximum atomic E-state index is 11.5. The zero-order chi connectivity index (χ0) is 13.1. The van der Waals surface area contributed by atoms with Crippen LogP contribution in [-0.4, -0.2) is 23.5 Å². The zero-order valence-corrected chi connectivity index (χ0v) is 12.6. The summed E-state index contributed by atoms with van der Waals surface area (Å²) in [6, 6.07) is 6.11. The fraction of sp³-hybridized carbons (Fsp3) is 0.333. The summed E-state index contributed by atoms with van der Waals surface area (Å²) in [6.45, 7) is 4.12. The number of halogens is 1. The molecule has 0 fully saturated rings. The Morgan fingerprint density at radius 3 is 3.00 bits per heavy atom. The van der Waals surface area contributed by atoms with Crippen molar-refractivity contribution in [3.63, 3.8) is 0 Å². The van der Waals surface area contributed by atoms with E-state index in [1.807, 2.05) is 32.0 Å². The highest BCUT2D eigenvalue weighted by Gasteiger charge is 2.06. The molecule has 1 amide bonds. The number of nitrogens with zero attached hydrogens (tertiary/aromatic N) is 1. The van der Waals surface area contributed by atoms with Gasteiger partial charge < -0.3 is 10.6 Å². The third-order valence-corrected chi connectivity index (χ3v) is 3.69. The van der Waals surface area contributed by atoms with E-state index < -0.39 is 0 Å². The Hall–Kier alpha value is -1.14. The van der Waals surface area contributed by atoms with Gasteiger partial charge in [-0.3, -0.25) is 4.79 Å². The van der Waals surface area contributed by atoms with E-state index in [1.54, 1.807) is 11.3 Å². The molecule has 1 heterocycles. The largest absolute Gasteiger partial charge is 0.352 e. The van der Waals surface area contributed by atoms with Gasteiger partial charge >= 0.3 is 0 Å². The standard InChI is InChI=1S/C12H14BrN3OS/c1-7(2)15-11(17)6-14-12-16-9-5-8(13)3-4-10(9)18-12/h3-5,7H,6H2,1-2H3,(H,14,16)(H,15,17). The summed E-state index contributed by atoms with van der Waals surface area (Å²) < 4.78 is 2.11. The molecular formula is C12H14BrN3OS. The van der Waals surface area contributed by atoms with E-state index in [-0.39, 0.29) is 18.5 Å². The van der Waals surface area contributed by atoms with Gasteiger partial charge in [0.15, 0.2) is 5.13 Å². The van der Waals surface area contributed by atoms with Crippen LogP contribution in [0.5, 0.6) is 0 Å². The normalized spacial score (nSPS) is 10.9. The number of carbonyl (C=O) groups excluding carboxylic acids is 1. The van der Waals surface area contributed by atoms with E-state index in [0.29, 0.717) is 0 Å². The van der Waals surface area contributed by atoms with Gasteiger partial charge in [0.2, 0.25) is 5.91 Å². The number of rotatable bonds is 4. The summed E-state index contributed by atoms with van der Waals surface area (Å²) >= 11 is 4.95. The first-order valence-corrected chi connectivity index (χ1v) is 7.25. The van der Waals surface area contributed by atoms with Gasteiger partial charge in [-0.05, 0) is 32.0 Å². The highest BCUT2D eigenvalue weighted by Crippen LogP contribution is 2.27. The average molecular weight is 328 g/mol. The number of benzene rings is 1. The quantitative estimate of drug-likeness (QED) is 0.907. The summed E-state index contributed by atoms with van der Waals surface area (Å²) in [5, 5.41) is 6.63. The molecule has 6 heteroatoms. The zero-order valence-electron chi connectivity index (χ0n) is 10.2. The van der Waals surface area contributed by atoms with Crippen molar-refractivity contribution in [1.82, 2.24) is 10.3 Å². The van der Waals surface area contributed by atoms with Crippen molar-refractivity contribution in [1.29, 1.82) is 0 Å². The van der Waals surface area contributed by atoms with Crippen molar-refractivity contribution >= 4 is 48.5 Å². The lowest BCUT2D eigenvalue weighted by Crippen LogP contribution is -2.34. The van der Waals surface area contributed by atoms with Gasteiger partial charge in [-0.25, -0.2) is 4.98 Å². The van der Waals surface area contributed by atoms with Crippen LogP contribution in [0.3, 0.4) is 0 Å². The summed E-state index contributed by atoms with van der Waals surface area (Å²) in [5.74, 6) is -0.0227. The number of fused-ring (bicyclic) bond motifs is 1. The van der Waals surface area contributed by atoms with Crippen molar-refractivity contribution in [2.24, 2.45) is 0 Å². The van der Waals surface area contributed by atoms with Crippen LogP contribution >= 0.6 is 27.3 Å². The second-order valence-electron chi connectivity index (χ2n) is 4.21. The van der Waals surface area contributed by atoms with Crippen LogP contribution in [0, 0.1) is 0 Å². The lowest BCUT2D eigenvalue weighted by molar-refractivity contribution is -0.119. The molecule has 0 bridgehead atoms. The molecule has 18 heavy (non-hydrogen) atoms. The molecule has 2 rings (SSSR count). The van der Waals surface area contributed by atoms with Gasteiger partial charge in [-0.1, -0.05) is 27.3 Å². The van der Waals surface area contributed by atoms with E-state index in [0.717, 1.165) is 19.8 Å². The second kappa shape index (κ2) is 5.67. The number of hydrogen-bond donors (Lipinski definition) is 2. The van der Waals surface area contributed by atoms with Crippen LogP contribution in [0.2, 0.25) is 0 Å². The molecule has 0 saturated carbocycles. The third kappa shape index (κ3) is 3.43. The van der Waals surface area contributed by atoms with Crippen LogP contribution in [0.25, 0.3) is 10.2 Å². The molecule has 96 valence electrons. The first kappa shape index (κ1) is 13.3. The Balaban J connectivity index is 2.02. The SMILES string of the molecule is CC(C)NC(=O)CNc1nc2cc(Br)ccc2s1. The van der Waals surface area contributed by atoms with E-state index in [4.69, 9.17) is 0 Å². The molecule has 2 N–H and O–H groups in total. The van der Waals surface area contributed by atoms with Crippen LogP contribution in [-0.2, 0) is 4.79 Å². The Bertz CT molecular complexity index is 567. The molecule has 1 aromatic heterocycles. The van der Waals surface area contributed by atoms with Crippen LogP contribution < -0.4 is 10.6 Å². The number of hydrogen-bond acceptors (Lipinski definition) is 4. The smallest absolute Gasteiger partial charge is 0.239 e. The summed E-state index contributed by atoms with van der Waals surface area (Å²) in [5.41, 5.74) is 0.932. The molecule has 0 radical (unpaired) electrons. The van der Waals surface area contributed by atoms with Crippen LogP contribution in [0.15, 0.2) is 22.7 Å². The summed E-state index contributed by atoms with van der Waals surface area (Å²) in [7, 11) is 0. The fourth-order valence-electron chi connectivity index (χ4n) is 1.51. The number of anilines is 1. The number of thiazole rings is 1. The maximum absolute atomic E-state index is 11.5. The average Bonchev–Trinajstić information content (AvgIpc) is 2.67. The van der Waals surface area contributed by atoms with Gasteiger partial charge in [0.05, 0.1) is 16.8 Å². The highest BCUT2D eigenvalue weighted by atomic mass is 79.9. The number of carbonyl (C=O) groups is 1. The minimum atomic E-state index is -0.0227.